The third-order valence-electron chi connectivity index (χ3n) is 3.14. The summed E-state index contributed by atoms with van der Waals surface area (Å²) in [6.45, 7) is 4.59. The van der Waals surface area contributed by atoms with Crippen LogP contribution in [0.2, 0.25) is 0 Å². The minimum Gasteiger partial charge on any atom is -0.371 e. The molecular formula is C15H23ClN2O2. The van der Waals surface area contributed by atoms with Crippen LogP contribution in [0.4, 0.5) is 5.69 Å². The molecular weight excluding hydrogens is 276 g/mol. The van der Waals surface area contributed by atoms with Gasteiger partial charge < -0.3 is 15.4 Å². The Balaban J connectivity index is 0.00000200. The monoisotopic (exact) mass is 298 g/mol. The van der Waals surface area contributed by atoms with Crippen LogP contribution in [-0.4, -0.2) is 25.7 Å². The largest absolute Gasteiger partial charge is 0.371 e. The van der Waals surface area contributed by atoms with Gasteiger partial charge in [-0.15, -0.1) is 12.4 Å². The van der Waals surface area contributed by atoms with Crippen molar-refractivity contribution >= 4 is 24.0 Å². The molecule has 1 fully saturated rings. The van der Waals surface area contributed by atoms with E-state index in [0.29, 0.717) is 12.5 Å². The molecule has 112 valence electrons. The maximum Gasteiger partial charge on any atom is 0.250 e. The van der Waals surface area contributed by atoms with Crippen LogP contribution in [0, 0.1) is 5.92 Å². The number of carbonyl (C=O) groups excluding carboxylic acids is 1. The highest BCUT2D eigenvalue weighted by molar-refractivity contribution is 5.92. The molecule has 1 saturated carbocycles. The van der Waals surface area contributed by atoms with E-state index in [9.17, 15) is 4.79 Å². The smallest absolute Gasteiger partial charge is 0.250 e. The second kappa shape index (κ2) is 8.95. The van der Waals surface area contributed by atoms with Crippen LogP contribution in [-0.2, 0) is 16.1 Å². The maximum atomic E-state index is 11.8. The molecule has 2 rings (SSSR count). The molecule has 1 aromatic rings. The number of hydrogen-bond acceptors (Lipinski definition) is 3. The molecule has 0 bridgehead atoms. The third kappa shape index (κ3) is 5.90. The zero-order chi connectivity index (χ0) is 13.5. The van der Waals surface area contributed by atoms with E-state index in [-0.39, 0.29) is 24.9 Å². The predicted molar refractivity (Wildman–Crippen MR) is 83.2 cm³/mol. The molecule has 0 atom stereocenters. The Labute approximate surface area is 126 Å². The highest BCUT2D eigenvalue weighted by atomic mass is 35.5. The van der Waals surface area contributed by atoms with E-state index in [1.807, 2.05) is 24.3 Å². The van der Waals surface area contributed by atoms with Crippen molar-refractivity contribution in [3.8, 4) is 0 Å². The quantitative estimate of drug-likeness (QED) is 0.775. The van der Waals surface area contributed by atoms with Gasteiger partial charge >= 0.3 is 0 Å². The number of amides is 1. The molecule has 0 aliphatic heterocycles. The topological polar surface area (TPSA) is 50.4 Å². The van der Waals surface area contributed by atoms with Crippen LogP contribution in [0.5, 0.6) is 0 Å². The van der Waals surface area contributed by atoms with Crippen molar-refractivity contribution in [2.24, 2.45) is 5.92 Å². The van der Waals surface area contributed by atoms with Crippen molar-refractivity contribution in [3.63, 3.8) is 0 Å². The van der Waals surface area contributed by atoms with E-state index in [2.05, 4.69) is 17.6 Å². The summed E-state index contributed by atoms with van der Waals surface area (Å²) in [4.78, 5) is 11.8. The van der Waals surface area contributed by atoms with Gasteiger partial charge in [0.2, 0.25) is 5.91 Å². The van der Waals surface area contributed by atoms with E-state index < -0.39 is 0 Å². The normalized spacial score (nSPS) is 13.7. The Kier molecular flexibility index (Phi) is 7.59. The van der Waals surface area contributed by atoms with Gasteiger partial charge in [0, 0.05) is 12.2 Å². The number of anilines is 1. The number of hydrogen-bond donors (Lipinski definition) is 2. The van der Waals surface area contributed by atoms with Crippen LogP contribution < -0.4 is 10.6 Å². The number of rotatable bonds is 8. The van der Waals surface area contributed by atoms with Crippen molar-refractivity contribution in [3.05, 3.63) is 29.8 Å². The van der Waals surface area contributed by atoms with Crippen LogP contribution in [0.25, 0.3) is 0 Å². The molecule has 1 aliphatic rings. The van der Waals surface area contributed by atoms with Gasteiger partial charge in [-0.05, 0) is 36.9 Å². The van der Waals surface area contributed by atoms with Crippen molar-refractivity contribution < 1.29 is 9.53 Å². The summed E-state index contributed by atoms with van der Waals surface area (Å²) in [5.74, 6) is 0.610. The second-order valence-electron chi connectivity index (χ2n) is 4.94. The molecule has 0 spiro atoms. The van der Waals surface area contributed by atoms with Crippen molar-refractivity contribution in [1.82, 2.24) is 5.32 Å². The minimum atomic E-state index is -0.0791. The lowest BCUT2D eigenvalue weighted by Gasteiger charge is -2.11. The first-order valence-corrected chi connectivity index (χ1v) is 6.95. The lowest BCUT2D eigenvalue weighted by atomic mass is 10.1. The summed E-state index contributed by atoms with van der Waals surface area (Å²) in [6, 6.07) is 7.84. The molecule has 0 unspecified atom stereocenters. The van der Waals surface area contributed by atoms with Crippen LogP contribution >= 0.6 is 12.4 Å². The standard InChI is InChI=1S/C15H22N2O2.ClH/c1-2-16-9-13-5-3-4-6-14(13)17-15(18)11-19-10-12-7-8-12;/h3-6,12,16H,2,7-11H2,1H3,(H,17,18);1H. The summed E-state index contributed by atoms with van der Waals surface area (Å²) in [7, 11) is 0. The van der Waals surface area contributed by atoms with Gasteiger partial charge in [-0.25, -0.2) is 0 Å². The third-order valence-corrected chi connectivity index (χ3v) is 3.14. The predicted octanol–water partition coefficient (Wildman–Crippen LogP) is 2.58. The molecule has 5 heteroatoms. The maximum absolute atomic E-state index is 11.8. The molecule has 0 saturated heterocycles. The van der Waals surface area contributed by atoms with Crippen LogP contribution in [0.3, 0.4) is 0 Å². The molecule has 0 radical (unpaired) electrons. The van der Waals surface area contributed by atoms with Crippen molar-refractivity contribution in [1.29, 1.82) is 0 Å². The number of nitrogens with one attached hydrogen (secondary N) is 2. The fourth-order valence-electron chi connectivity index (χ4n) is 1.85. The fourth-order valence-corrected chi connectivity index (χ4v) is 1.85. The molecule has 2 N–H and O–H groups in total. The summed E-state index contributed by atoms with van der Waals surface area (Å²) in [5.41, 5.74) is 1.96. The summed E-state index contributed by atoms with van der Waals surface area (Å²) in [6.07, 6.45) is 2.49. The Morgan fingerprint density at radius 2 is 2.10 bits per heavy atom. The number of carbonyl (C=O) groups is 1. The molecule has 1 aromatic carbocycles. The molecule has 0 heterocycles. The summed E-state index contributed by atoms with van der Waals surface area (Å²) < 4.78 is 5.38. The van der Waals surface area contributed by atoms with Gasteiger partial charge in [-0.3, -0.25) is 4.79 Å². The average molecular weight is 299 g/mol. The van der Waals surface area contributed by atoms with E-state index >= 15 is 0 Å². The van der Waals surface area contributed by atoms with Gasteiger partial charge in [-0.2, -0.15) is 0 Å². The molecule has 4 nitrogen and oxygen atoms in total. The first kappa shape index (κ1) is 17.0. The Morgan fingerprint density at radius 1 is 1.35 bits per heavy atom. The summed E-state index contributed by atoms with van der Waals surface area (Å²) in [5, 5.41) is 6.17. The molecule has 1 aliphatic carbocycles. The van der Waals surface area contributed by atoms with Gasteiger partial charge in [-0.1, -0.05) is 25.1 Å². The number of benzene rings is 1. The summed E-state index contributed by atoms with van der Waals surface area (Å²) >= 11 is 0. The van der Waals surface area contributed by atoms with Gasteiger partial charge in [0.05, 0.1) is 6.61 Å². The second-order valence-corrected chi connectivity index (χ2v) is 4.94. The number of ether oxygens (including phenoxy) is 1. The average Bonchev–Trinajstić information content (AvgIpc) is 3.22. The molecule has 1 amide bonds. The van der Waals surface area contributed by atoms with E-state index in [1.54, 1.807) is 0 Å². The Bertz CT molecular complexity index is 422. The first-order chi connectivity index (χ1) is 9.29. The highest BCUT2D eigenvalue weighted by Gasteiger charge is 2.21. The molecule has 0 aromatic heterocycles. The lowest BCUT2D eigenvalue weighted by Crippen LogP contribution is -2.21. The van der Waals surface area contributed by atoms with Gasteiger partial charge in [0.25, 0.3) is 0 Å². The van der Waals surface area contributed by atoms with E-state index in [0.717, 1.165) is 24.3 Å². The Hall–Kier alpha value is -1.10. The lowest BCUT2D eigenvalue weighted by molar-refractivity contribution is -0.120. The number of para-hydroxylation sites is 1. The SMILES string of the molecule is CCNCc1ccccc1NC(=O)COCC1CC1.Cl. The van der Waals surface area contributed by atoms with E-state index in [1.165, 1.54) is 12.8 Å². The highest BCUT2D eigenvalue weighted by Crippen LogP contribution is 2.28. The van der Waals surface area contributed by atoms with Crippen LogP contribution in [0.1, 0.15) is 25.3 Å². The van der Waals surface area contributed by atoms with Gasteiger partial charge in [0.15, 0.2) is 0 Å². The van der Waals surface area contributed by atoms with Crippen LogP contribution in [0.15, 0.2) is 24.3 Å². The number of halogens is 1. The first-order valence-electron chi connectivity index (χ1n) is 6.95. The minimum absolute atomic E-state index is 0. The Morgan fingerprint density at radius 3 is 2.80 bits per heavy atom. The van der Waals surface area contributed by atoms with Gasteiger partial charge in [0.1, 0.15) is 6.61 Å². The van der Waals surface area contributed by atoms with E-state index in [4.69, 9.17) is 4.74 Å². The fraction of sp³-hybridized carbons (Fsp3) is 0.533. The van der Waals surface area contributed by atoms with Crippen molar-refractivity contribution in [2.45, 2.75) is 26.3 Å². The zero-order valence-electron chi connectivity index (χ0n) is 11.9. The molecule has 20 heavy (non-hydrogen) atoms. The zero-order valence-corrected chi connectivity index (χ0v) is 12.7. The van der Waals surface area contributed by atoms with Crippen molar-refractivity contribution in [2.75, 3.05) is 25.1 Å².